The lowest BCUT2D eigenvalue weighted by Gasteiger charge is -2.38. The predicted molar refractivity (Wildman–Crippen MR) is 80.5 cm³/mol. The van der Waals surface area contributed by atoms with E-state index in [1.54, 1.807) is 0 Å². The van der Waals surface area contributed by atoms with Crippen LogP contribution in [-0.4, -0.2) is 52.8 Å². The van der Waals surface area contributed by atoms with Crippen LogP contribution in [-0.2, 0) is 4.79 Å². The third kappa shape index (κ3) is 3.33. The zero-order chi connectivity index (χ0) is 13.2. The summed E-state index contributed by atoms with van der Waals surface area (Å²) in [7, 11) is 0. The van der Waals surface area contributed by atoms with Gasteiger partial charge < -0.3 is 9.80 Å². The summed E-state index contributed by atoms with van der Waals surface area (Å²) in [6.07, 6.45) is 8.96. The summed E-state index contributed by atoms with van der Waals surface area (Å²) in [4.78, 5) is 17.1. The number of likely N-dealkylation sites (tertiary alicyclic amines) is 2. The fourth-order valence-corrected chi connectivity index (χ4v) is 4.69. The van der Waals surface area contributed by atoms with Crippen LogP contribution in [0.2, 0.25) is 0 Å². The zero-order valence-electron chi connectivity index (χ0n) is 11.7. The lowest BCUT2D eigenvalue weighted by molar-refractivity contribution is -0.128. The number of alkyl halides is 1. The van der Waals surface area contributed by atoms with Gasteiger partial charge in [0.15, 0.2) is 0 Å². The maximum absolute atomic E-state index is 11.9. The molecule has 1 aliphatic carbocycles. The average molecular weight is 329 g/mol. The van der Waals surface area contributed by atoms with Gasteiger partial charge in [0.1, 0.15) is 0 Å². The Morgan fingerprint density at radius 2 is 1.89 bits per heavy atom. The Labute approximate surface area is 124 Å². The van der Waals surface area contributed by atoms with Gasteiger partial charge in [-0.05, 0) is 38.1 Å². The van der Waals surface area contributed by atoms with E-state index in [9.17, 15) is 4.79 Å². The smallest absolute Gasteiger partial charge is 0.223 e. The largest absolute Gasteiger partial charge is 0.341 e. The molecular weight excluding hydrogens is 304 g/mol. The Morgan fingerprint density at radius 3 is 2.58 bits per heavy atom. The number of amides is 1. The van der Waals surface area contributed by atoms with Crippen LogP contribution in [0.1, 0.15) is 44.9 Å². The van der Waals surface area contributed by atoms with Crippen molar-refractivity contribution in [1.82, 2.24) is 9.80 Å². The van der Waals surface area contributed by atoms with E-state index in [0.717, 1.165) is 19.1 Å². The van der Waals surface area contributed by atoms with Gasteiger partial charge in [-0.1, -0.05) is 28.8 Å². The Bertz CT molecular complexity index is 330. The van der Waals surface area contributed by atoms with E-state index >= 15 is 0 Å². The molecule has 3 rings (SSSR count). The second kappa shape index (κ2) is 6.13. The van der Waals surface area contributed by atoms with Gasteiger partial charge in [-0.25, -0.2) is 0 Å². The van der Waals surface area contributed by atoms with Crippen LogP contribution < -0.4 is 0 Å². The molecule has 1 saturated carbocycles. The Kier molecular flexibility index (Phi) is 4.47. The van der Waals surface area contributed by atoms with Crippen molar-refractivity contribution in [2.45, 2.75) is 55.8 Å². The number of hydrogen-bond donors (Lipinski definition) is 0. The number of piperidine rings is 1. The Morgan fingerprint density at radius 1 is 1.11 bits per heavy atom. The molecular formula is C15H25BrN2O. The summed E-state index contributed by atoms with van der Waals surface area (Å²) in [5.74, 6) is 1.05. The standard InChI is InChI=1S/C15H25BrN2O/c16-13-8-15(19)18(11-13)10-12-4-3-7-17(9-12)14-5-1-2-6-14/h12-14H,1-11H2. The normalized spacial score (nSPS) is 34.4. The van der Waals surface area contributed by atoms with Crippen molar-refractivity contribution in [3.8, 4) is 0 Å². The third-order valence-electron chi connectivity index (χ3n) is 5.04. The zero-order valence-corrected chi connectivity index (χ0v) is 13.3. The first-order valence-corrected chi connectivity index (χ1v) is 8.80. The molecule has 2 atom stereocenters. The van der Waals surface area contributed by atoms with Crippen molar-refractivity contribution in [2.24, 2.45) is 5.92 Å². The van der Waals surface area contributed by atoms with Crippen LogP contribution in [0.25, 0.3) is 0 Å². The molecule has 0 N–H and O–H groups in total. The lowest BCUT2D eigenvalue weighted by Crippen LogP contribution is -2.45. The highest BCUT2D eigenvalue weighted by molar-refractivity contribution is 9.09. The number of nitrogens with zero attached hydrogens (tertiary/aromatic N) is 2. The second-order valence-corrected chi connectivity index (χ2v) is 7.84. The minimum atomic E-state index is 0.347. The Balaban J connectivity index is 1.52. The first-order valence-electron chi connectivity index (χ1n) is 7.88. The monoisotopic (exact) mass is 328 g/mol. The highest BCUT2D eigenvalue weighted by atomic mass is 79.9. The summed E-state index contributed by atoms with van der Waals surface area (Å²) in [5.41, 5.74) is 0. The molecule has 2 heterocycles. The number of halogens is 1. The van der Waals surface area contributed by atoms with Gasteiger partial charge in [0.05, 0.1) is 0 Å². The van der Waals surface area contributed by atoms with Gasteiger partial charge >= 0.3 is 0 Å². The van der Waals surface area contributed by atoms with Crippen molar-refractivity contribution < 1.29 is 4.79 Å². The molecule has 0 radical (unpaired) electrons. The highest BCUT2D eigenvalue weighted by Crippen LogP contribution is 2.29. The van der Waals surface area contributed by atoms with Crippen LogP contribution in [0, 0.1) is 5.92 Å². The van der Waals surface area contributed by atoms with E-state index in [0.29, 0.717) is 23.1 Å². The molecule has 2 saturated heterocycles. The van der Waals surface area contributed by atoms with E-state index in [1.807, 2.05) is 0 Å². The fraction of sp³-hybridized carbons (Fsp3) is 0.933. The molecule has 3 aliphatic rings. The number of hydrogen-bond acceptors (Lipinski definition) is 2. The van der Waals surface area contributed by atoms with E-state index in [1.165, 1.54) is 51.6 Å². The summed E-state index contributed by atoms with van der Waals surface area (Å²) >= 11 is 3.58. The number of carbonyl (C=O) groups excluding carboxylic acids is 1. The van der Waals surface area contributed by atoms with Crippen molar-refractivity contribution >= 4 is 21.8 Å². The van der Waals surface area contributed by atoms with Gasteiger partial charge in [0.25, 0.3) is 0 Å². The van der Waals surface area contributed by atoms with Gasteiger partial charge in [0, 0.05) is 36.9 Å². The first-order chi connectivity index (χ1) is 9.22. The van der Waals surface area contributed by atoms with Gasteiger partial charge in [-0.15, -0.1) is 0 Å². The Hall–Kier alpha value is -0.0900. The van der Waals surface area contributed by atoms with Crippen LogP contribution in [0.4, 0.5) is 0 Å². The average Bonchev–Trinajstić information content (AvgIpc) is 3.01. The summed E-state index contributed by atoms with van der Waals surface area (Å²) in [5, 5.41) is 0. The highest BCUT2D eigenvalue weighted by Gasteiger charge is 2.32. The maximum atomic E-state index is 11.9. The molecule has 0 spiro atoms. The molecule has 2 unspecified atom stereocenters. The molecule has 0 bridgehead atoms. The molecule has 2 aliphatic heterocycles. The summed E-state index contributed by atoms with van der Waals surface area (Å²) in [6, 6.07) is 0.848. The van der Waals surface area contributed by atoms with E-state index < -0.39 is 0 Å². The number of carbonyl (C=O) groups is 1. The predicted octanol–water partition coefficient (Wildman–Crippen LogP) is 2.64. The molecule has 1 amide bonds. The first kappa shape index (κ1) is 13.9. The third-order valence-corrected chi connectivity index (χ3v) is 5.65. The number of rotatable bonds is 3. The van der Waals surface area contributed by atoms with E-state index in [4.69, 9.17) is 0 Å². The van der Waals surface area contributed by atoms with E-state index in [2.05, 4.69) is 25.7 Å². The van der Waals surface area contributed by atoms with Crippen molar-refractivity contribution in [3.63, 3.8) is 0 Å². The van der Waals surface area contributed by atoms with Crippen LogP contribution in [0.5, 0.6) is 0 Å². The second-order valence-electron chi connectivity index (χ2n) is 6.54. The molecule has 108 valence electrons. The molecule has 3 fully saturated rings. The topological polar surface area (TPSA) is 23.6 Å². The van der Waals surface area contributed by atoms with Crippen LogP contribution in [0.15, 0.2) is 0 Å². The maximum Gasteiger partial charge on any atom is 0.223 e. The van der Waals surface area contributed by atoms with Crippen molar-refractivity contribution in [3.05, 3.63) is 0 Å². The van der Waals surface area contributed by atoms with Crippen molar-refractivity contribution in [2.75, 3.05) is 26.2 Å². The minimum absolute atomic E-state index is 0.347. The van der Waals surface area contributed by atoms with Gasteiger partial charge in [-0.3, -0.25) is 4.79 Å². The van der Waals surface area contributed by atoms with E-state index in [-0.39, 0.29) is 0 Å². The fourth-order valence-electron chi connectivity index (χ4n) is 4.06. The molecule has 0 aromatic heterocycles. The lowest BCUT2D eigenvalue weighted by atomic mass is 9.95. The van der Waals surface area contributed by atoms with Crippen LogP contribution in [0.3, 0.4) is 0 Å². The summed E-state index contributed by atoms with van der Waals surface area (Å²) in [6.45, 7) is 4.42. The molecule has 0 aromatic rings. The molecule has 0 aromatic carbocycles. The van der Waals surface area contributed by atoms with Gasteiger partial charge in [-0.2, -0.15) is 0 Å². The minimum Gasteiger partial charge on any atom is -0.341 e. The SMILES string of the molecule is O=C1CC(Br)CN1CC1CCCN(C2CCCC2)C1. The van der Waals surface area contributed by atoms with Crippen molar-refractivity contribution in [1.29, 1.82) is 0 Å². The molecule has 3 nitrogen and oxygen atoms in total. The quantitative estimate of drug-likeness (QED) is 0.743. The van der Waals surface area contributed by atoms with Crippen LogP contribution >= 0.6 is 15.9 Å². The summed E-state index contributed by atoms with van der Waals surface area (Å²) < 4.78 is 0. The van der Waals surface area contributed by atoms with Gasteiger partial charge in [0.2, 0.25) is 5.91 Å². The molecule has 4 heteroatoms. The molecule has 19 heavy (non-hydrogen) atoms.